The van der Waals surface area contributed by atoms with Crippen molar-refractivity contribution in [2.45, 2.75) is 6.54 Å². The number of fused-ring (bicyclic) bond motifs is 1. The molecule has 3 heterocycles. The molecule has 2 aliphatic heterocycles. The Morgan fingerprint density at radius 3 is 2.53 bits per heavy atom. The normalized spacial score (nSPS) is 15.7. The Balaban J connectivity index is 1.31. The van der Waals surface area contributed by atoms with Gasteiger partial charge in [-0.25, -0.2) is 4.98 Å². The molecule has 0 radical (unpaired) electrons. The van der Waals surface area contributed by atoms with E-state index in [4.69, 9.17) is 34.8 Å². The van der Waals surface area contributed by atoms with E-state index in [2.05, 4.69) is 20.1 Å². The lowest BCUT2D eigenvalue weighted by molar-refractivity contribution is 0.0746. The molecule has 5 rings (SSSR count). The largest absolute Gasteiger partial charge is 0.368 e. The Kier molecular flexibility index (Phi) is 6.73. The molecule has 0 atom stereocenters. The maximum absolute atomic E-state index is 13.3. The lowest BCUT2D eigenvalue weighted by Crippen LogP contribution is -2.48. The van der Waals surface area contributed by atoms with Gasteiger partial charge in [0, 0.05) is 72.8 Å². The minimum Gasteiger partial charge on any atom is -0.368 e. The Labute approximate surface area is 214 Å². The zero-order chi connectivity index (χ0) is 23.7. The zero-order valence-corrected chi connectivity index (χ0v) is 20.7. The number of rotatable bonds is 4. The second kappa shape index (κ2) is 9.90. The molecule has 1 amide bonds. The third-order valence-corrected chi connectivity index (χ3v) is 7.08. The van der Waals surface area contributed by atoms with Gasteiger partial charge >= 0.3 is 0 Å². The van der Waals surface area contributed by atoms with Crippen molar-refractivity contribution < 1.29 is 4.79 Å². The van der Waals surface area contributed by atoms with Gasteiger partial charge in [-0.2, -0.15) is 0 Å². The van der Waals surface area contributed by atoms with Crippen LogP contribution in [0, 0.1) is 0 Å². The molecule has 3 aromatic rings. The number of benzene rings is 2. The lowest BCUT2D eigenvalue weighted by atomic mass is 10.1. The van der Waals surface area contributed by atoms with Crippen LogP contribution in [0.1, 0.15) is 15.9 Å². The van der Waals surface area contributed by atoms with Crippen LogP contribution in [0.15, 0.2) is 54.7 Å². The lowest BCUT2D eigenvalue weighted by Gasteiger charge is -2.36. The van der Waals surface area contributed by atoms with Crippen LogP contribution in [-0.2, 0) is 6.54 Å². The molecule has 0 saturated carbocycles. The summed E-state index contributed by atoms with van der Waals surface area (Å²) in [5.41, 5.74) is 3.50. The van der Waals surface area contributed by atoms with E-state index >= 15 is 0 Å². The Hall–Kier alpha value is -2.67. The average molecular weight is 517 g/mol. The number of hydrogen-bond donors (Lipinski definition) is 1. The Morgan fingerprint density at radius 1 is 0.941 bits per heavy atom. The number of hydrogen-bond acceptors (Lipinski definition) is 5. The van der Waals surface area contributed by atoms with Gasteiger partial charge in [-0.15, -0.1) is 0 Å². The molecule has 9 heteroatoms. The number of halogens is 3. The maximum atomic E-state index is 13.3. The first-order valence-electron chi connectivity index (χ1n) is 11.2. The number of pyridine rings is 1. The molecule has 1 saturated heterocycles. The van der Waals surface area contributed by atoms with Gasteiger partial charge in [-0.1, -0.05) is 40.9 Å². The number of nitrogens with one attached hydrogen (secondary N) is 1. The number of carbonyl (C=O) groups excluding carboxylic acids is 1. The summed E-state index contributed by atoms with van der Waals surface area (Å²) in [6, 6.07) is 15.2. The van der Waals surface area contributed by atoms with Gasteiger partial charge in [0.25, 0.3) is 5.91 Å². The van der Waals surface area contributed by atoms with Gasteiger partial charge in [0.2, 0.25) is 0 Å². The predicted octanol–water partition coefficient (Wildman–Crippen LogP) is 5.44. The number of amides is 1. The van der Waals surface area contributed by atoms with E-state index in [0.29, 0.717) is 40.3 Å². The van der Waals surface area contributed by atoms with Gasteiger partial charge in [-0.3, -0.25) is 4.79 Å². The number of carbonyl (C=O) groups is 1. The van der Waals surface area contributed by atoms with Crippen molar-refractivity contribution in [1.29, 1.82) is 0 Å². The van der Waals surface area contributed by atoms with Crippen LogP contribution in [-0.4, -0.2) is 55.1 Å². The Bertz CT molecular complexity index is 1210. The number of nitrogens with zero attached hydrogens (tertiary/aromatic N) is 4. The van der Waals surface area contributed by atoms with Crippen LogP contribution in [0.25, 0.3) is 0 Å². The van der Waals surface area contributed by atoms with Crippen LogP contribution in [0.5, 0.6) is 0 Å². The van der Waals surface area contributed by atoms with E-state index in [1.54, 1.807) is 12.3 Å². The van der Waals surface area contributed by atoms with Crippen LogP contribution in [0.2, 0.25) is 15.1 Å². The van der Waals surface area contributed by atoms with Crippen LogP contribution >= 0.6 is 34.8 Å². The average Bonchev–Trinajstić information content (AvgIpc) is 2.86. The second-order valence-corrected chi connectivity index (χ2v) is 9.71. The minimum absolute atomic E-state index is 0.00708. The molecular formula is C25H24Cl3N5O. The van der Waals surface area contributed by atoms with Gasteiger partial charge in [0.1, 0.15) is 5.82 Å². The summed E-state index contributed by atoms with van der Waals surface area (Å²) in [6.45, 7) is 4.91. The summed E-state index contributed by atoms with van der Waals surface area (Å²) in [4.78, 5) is 24.2. The van der Waals surface area contributed by atoms with Crippen molar-refractivity contribution in [3.8, 4) is 0 Å². The molecule has 6 nitrogen and oxygen atoms in total. The molecule has 34 heavy (non-hydrogen) atoms. The Morgan fingerprint density at radius 2 is 1.74 bits per heavy atom. The third-order valence-electron chi connectivity index (χ3n) is 6.24. The second-order valence-electron chi connectivity index (χ2n) is 8.43. The van der Waals surface area contributed by atoms with E-state index in [1.807, 2.05) is 47.4 Å². The molecular weight excluding hydrogens is 493 g/mol. The van der Waals surface area contributed by atoms with Crippen LogP contribution in [0.3, 0.4) is 0 Å². The highest BCUT2D eigenvalue weighted by molar-refractivity contribution is 6.33. The highest BCUT2D eigenvalue weighted by Crippen LogP contribution is 2.32. The first kappa shape index (κ1) is 23.1. The highest BCUT2D eigenvalue weighted by atomic mass is 35.5. The van der Waals surface area contributed by atoms with Gasteiger partial charge in [-0.05, 0) is 48.0 Å². The number of piperazine rings is 1. The summed E-state index contributed by atoms with van der Waals surface area (Å²) in [6.07, 6.45) is 1.66. The third kappa shape index (κ3) is 4.90. The molecule has 176 valence electrons. The predicted molar refractivity (Wildman–Crippen MR) is 140 cm³/mol. The molecule has 2 aromatic carbocycles. The quantitative estimate of drug-likeness (QED) is 0.501. The van der Waals surface area contributed by atoms with E-state index in [0.717, 1.165) is 48.9 Å². The fourth-order valence-corrected chi connectivity index (χ4v) is 4.99. The van der Waals surface area contributed by atoms with E-state index in [1.165, 1.54) is 0 Å². The molecule has 0 spiro atoms. The highest BCUT2D eigenvalue weighted by Gasteiger charge is 2.25. The first-order chi connectivity index (χ1) is 16.5. The summed E-state index contributed by atoms with van der Waals surface area (Å²) in [5.74, 6) is 0.763. The zero-order valence-electron chi connectivity index (χ0n) is 18.5. The maximum Gasteiger partial charge on any atom is 0.255 e. The van der Waals surface area contributed by atoms with E-state index in [-0.39, 0.29) is 5.91 Å². The summed E-state index contributed by atoms with van der Waals surface area (Å²) < 4.78 is 0. The topological polar surface area (TPSA) is 51.7 Å². The molecule has 0 unspecified atom stereocenters. The van der Waals surface area contributed by atoms with Crippen molar-refractivity contribution >= 4 is 57.9 Å². The summed E-state index contributed by atoms with van der Waals surface area (Å²) >= 11 is 18.7. The van der Waals surface area contributed by atoms with Gasteiger partial charge < -0.3 is 20.0 Å². The summed E-state index contributed by atoms with van der Waals surface area (Å²) in [5, 5.41) is 5.36. The van der Waals surface area contributed by atoms with Crippen molar-refractivity contribution in [3.63, 3.8) is 0 Å². The standard InChI is InChI=1S/C25H24Cl3N5O/c26-19-2-1-3-21(14-19)31-8-10-32(11-9-31)25(34)17-13-23-24(30-15-17)29-6-7-33(23)16-18-12-20(27)4-5-22(18)28/h1-5,12-15H,6-11,16H2,(H,29,30). The minimum atomic E-state index is -0.00708. The van der Waals surface area contributed by atoms with E-state index < -0.39 is 0 Å². The van der Waals surface area contributed by atoms with Crippen LogP contribution < -0.4 is 15.1 Å². The molecule has 0 aliphatic carbocycles. The fraction of sp³-hybridized carbons (Fsp3) is 0.280. The monoisotopic (exact) mass is 515 g/mol. The summed E-state index contributed by atoms with van der Waals surface area (Å²) in [7, 11) is 0. The van der Waals surface area contributed by atoms with Crippen LogP contribution in [0.4, 0.5) is 17.2 Å². The van der Waals surface area contributed by atoms with Gasteiger partial charge in [0.05, 0.1) is 11.3 Å². The molecule has 0 bridgehead atoms. The van der Waals surface area contributed by atoms with Gasteiger partial charge in [0.15, 0.2) is 0 Å². The SMILES string of the molecule is O=C(c1cnc2c(c1)N(Cc1cc(Cl)ccc1Cl)CCN2)N1CCN(c2cccc(Cl)c2)CC1. The number of anilines is 3. The van der Waals surface area contributed by atoms with Crippen molar-refractivity contribution in [3.05, 3.63) is 80.9 Å². The molecule has 1 aromatic heterocycles. The molecule has 1 N–H and O–H groups in total. The first-order valence-corrected chi connectivity index (χ1v) is 12.3. The van der Waals surface area contributed by atoms with Crippen molar-refractivity contribution in [2.75, 3.05) is 54.4 Å². The van der Waals surface area contributed by atoms with E-state index in [9.17, 15) is 4.79 Å². The smallest absolute Gasteiger partial charge is 0.255 e. The molecule has 1 fully saturated rings. The van der Waals surface area contributed by atoms with Crippen molar-refractivity contribution in [1.82, 2.24) is 9.88 Å². The van der Waals surface area contributed by atoms with Crippen molar-refractivity contribution in [2.24, 2.45) is 0 Å². The fourth-order valence-electron chi connectivity index (χ4n) is 4.43. The number of aromatic nitrogens is 1. The molecule has 2 aliphatic rings.